The molecule has 16 heavy (non-hydrogen) atoms. The lowest BCUT2D eigenvalue weighted by molar-refractivity contribution is -0.117. The Morgan fingerprint density at radius 2 is 2.50 bits per heavy atom. The van der Waals surface area contributed by atoms with Crippen LogP contribution >= 0.6 is 11.8 Å². The molecule has 6 heteroatoms. The molecule has 1 aliphatic rings. The van der Waals surface area contributed by atoms with Gasteiger partial charge in [0, 0.05) is 18.1 Å². The van der Waals surface area contributed by atoms with Crippen molar-refractivity contribution < 1.29 is 9.18 Å². The van der Waals surface area contributed by atoms with Crippen molar-refractivity contribution in [2.24, 2.45) is 0 Å². The molecule has 1 amide bonds. The fraction of sp³-hybridized carbons (Fsp3) is 0.400. The summed E-state index contributed by atoms with van der Waals surface area (Å²) >= 11 is 1.73. The molecule has 0 radical (unpaired) electrons. The summed E-state index contributed by atoms with van der Waals surface area (Å²) in [6.45, 7) is 0.819. The molecule has 1 atom stereocenters. The SMILES string of the molecule is O=C(Nc1cccc(F)n1)C1CSCCN1. The first kappa shape index (κ1) is 11.3. The van der Waals surface area contributed by atoms with Gasteiger partial charge in [-0.1, -0.05) is 6.07 Å². The summed E-state index contributed by atoms with van der Waals surface area (Å²) in [4.78, 5) is 15.3. The first-order valence-corrected chi connectivity index (χ1v) is 6.16. The highest BCUT2D eigenvalue weighted by Gasteiger charge is 2.21. The van der Waals surface area contributed by atoms with Crippen LogP contribution in [0.1, 0.15) is 0 Å². The van der Waals surface area contributed by atoms with Gasteiger partial charge in [0.1, 0.15) is 5.82 Å². The summed E-state index contributed by atoms with van der Waals surface area (Å²) in [6.07, 6.45) is 0. The molecule has 0 bridgehead atoms. The molecule has 1 saturated heterocycles. The molecule has 1 fully saturated rings. The minimum absolute atomic E-state index is 0.162. The van der Waals surface area contributed by atoms with Crippen LogP contribution in [0.5, 0.6) is 0 Å². The van der Waals surface area contributed by atoms with Gasteiger partial charge in [-0.05, 0) is 12.1 Å². The second-order valence-electron chi connectivity index (χ2n) is 3.42. The van der Waals surface area contributed by atoms with E-state index in [2.05, 4.69) is 15.6 Å². The quantitative estimate of drug-likeness (QED) is 0.754. The Balaban J connectivity index is 1.96. The van der Waals surface area contributed by atoms with E-state index in [0.29, 0.717) is 0 Å². The Kier molecular flexibility index (Phi) is 3.74. The Hall–Kier alpha value is -1.14. The normalized spacial score (nSPS) is 20.4. The number of hydrogen-bond donors (Lipinski definition) is 2. The highest BCUT2D eigenvalue weighted by atomic mass is 32.2. The molecular weight excluding hydrogens is 229 g/mol. The Bertz CT molecular complexity index is 382. The second-order valence-corrected chi connectivity index (χ2v) is 4.57. The van der Waals surface area contributed by atoms with Crippen LogP contribution in [-0.4, -0.2) is 35.0 Å². The lowest BCUT2D eigenvalue weighted by atomic mass is 10.3. The lowest BCUT2D eigenvalue weighted by Crippen LogP contribution is -2.46. The summed E-state index contributed by atoms with van der Waals surface area (Å²) in [6, 6.07) is 4.10. The van der Waals surface area contributed by atoms with E-state index in [9.17, 15) is 9.18 Å². The molecule has 2 rings (SSSR count). The van der Waals surface area contributed by atoms with E-state index in [-0.39, 0.29) is 17.8 Å². The molecule has 1 unspecified atom stereocenters. The summed E-state index contributed by atoms with van der Waals surface area (Å²) in [7, 11) is 0. The van der Waals surface area contributed by atoms with Crippen LogP contribution in [0.15, 0.2) is 18.2 Å². The van der Waals surface area contributed by atoms with E-state index >= 15 is 0 Å². The predicted molar refractivity (Wildman–Crippen MR) is 61.9 cm³/mol. The fourth-order valence-corrected chi connectivity index (χ4v) is 2.36. The lowest BCUT2D eigenvalue weighted by Gasteiger charge is -2.21. The number of nitrogens with one attached hydrogen (secondary N) is 2. The van der Waals surface area contributed by atoms with Crippen molar-refractivity contribution in [3.63, 3.8) is 0 Å². The number of anilines is 1. The zero-order chi connectivity index (χ0) is 11.4. The highest BCUT2D eigenvalue weighted by molar-refractivity contribution is 7.99. The van der Waals surface area contributed by atoms with Crippen LogP contribution in [0.2, 0.25) is 0 Å². The topological polar surface area (TPSA) is 54.0 Å². The van der Waals surface area contributed by atoms with E-state index in [1.54, 1.807) is 17.8 Å². The zero-order valence-electron chi connectivity index (χ0n) is 8.57. The molecular formula is C10H12FN3OS. The Morgan fingerprint density at radius 3 is 3.19 bits per heavy atom. The van der Waals surface area contributed by atoms with Crippen molar-refractivity contribution in [3.8, 4) is 0 Å². The number of carbonyl (C=O) groups excluding carboxylic acids is 1. The maximum absolute atomic E-state index is 12.8. The number of pyridine rings is 1. The number of thioether (sulfide) groups is 1. The molecule has 2 N–H and O–H groups in total. The molecule has 1 aliphatic heterocycles. The molecule has 0 aromatic carbocycles. The number of nitrogens with zero attached hydrogens (tertiary/aromatic N) is 1. The van der Waals surface area contributed by atoms with Gasteiger partial charge in [0.15, 0.2) is 0 Å². The molecule has 4 nitrogen and oxygen atoms in total. The van der Waals surface area contributed by atoms with Crippen LogP contribution in [-0.2, 0) is 4.79 Å². The van der Waals surface area contributed by atoms with Gasteiger partial charge in [0.2, 0.25) is 11.9 Å². The van der Waals surface area contributed by atoms with Gasteiger partial charge in [0.25, 0.3) is 0 Å². The number of aromatic nitrogens is 1. The molecule has 86 valence electrons. The van der Waals surface area contributed by atoms with E-state index in [1.165, 1.54) is 12.1 Å². The number of carbonyl (C=O) groups is 1. The third-order valence-electron chi connectivity index (χ3n) is 2.20. The average Bonchev–Trinajstić information content (AvgIpc) is 2.30. The standard InChI is InChI=1S/C10H12FN3OS/c11-8-2-1-3-9(13-8)14-10(15)7-6-16-5-4-12-7/h1-3,7,12H,4-6H2,(H,13,14,15). The molecule has 1 aromatic heterocycles. The number of halogens is 1. The van der Waals surface area contributed by atoms with Gasteiger partial charge in [-0.3, -0.25) is 4.79 Å². The van der Waals surface area contributed by atoms with Gasteiger partial charge in [-0.2, -0.15) is 16.2 Å². The number of hydrogen-bond acceptors (Lipinski definition) is 4. The first-order chi connectivity index (χ1) is 7.75. The summed E-state index contributed by atoms with van der Waals surface area (Å²) in [5, 5.41) is 5.69. The van der Waals surface area contributed by atoms with Gasteiger partial charge in [0.05, 0.1) is 6.04 Å². The molecule has 0 saturated carbocycles. The highest BCUT2D eigenvalue weighted by Crippen LogP contribution is 2.10. The second kappa shape index (κ2) is 5.27. The van der Waals surface area contributed by atoms with E-state index in [0.717, 1.165) is 18.1 Å². The Morgan fingerprint density at radius 1 is 1.62 bits per heavy atom. The van der Waals surface area contributed by atoms with Crippen molar-refractivity contribution in [3.05, 3.63) is 24.1 Å². The molecule has 0 spiro atoms. The van der Waals surface area contributed by atoms with Crippen molar-refractivity contribution in [1.29, 1.82) is 0 Å². The van der Waals surface area contributed by atoms with E-state index < -0.39 is 5.95 Å². The van der Waals surface area contributed by atoms with Crippen molar-refractivity contribution in [2.75, 3.05) is 23.4 Å². The third kappa shape index (κ3) is 2.93. The first-order valence-electron chi connectivity index (χ1n) is 5.00. The molecule has 0 aliphatic carbocycles. The smallest absolute Gasteiger partial charge is 0.243 e. The minimum Gasteiger partial charge on any atom is -0.309 e. The van der Waals surface area contributed by atoms with E-state index in [1.807, 2.05) is 0 Å². The Labute approximate surface area is 97.0 Å². The zero-order valence-corrected chi connectivity index (χ0v) is 9.39. The monoisotopic (exact) mass is 241 g/mol. The summed E-state index contributed by atoms with van der Waals surface area (Å²) in [5.41, 5.74) is 0. The number of rotatable bonds is 2. The van der Waals surface area contributed by atoms with Gasteiger partial charge >= 0.3 is 0 Å². The summed E-state index contributed by atoms with van der Waals surface area (Å²) in [5.74, 6) is 1.25. The predicted octanol–water partition coefficient (Wildman–Crippen LogP) is 0.864. The van der Waals surface area contributed by atoms with Gasteiger partial charge in [-0.15, -0.1) is 0 Å². The van der Waals surface area contributed by atoms with Crippen molar-refractivity contribution in [2.45, 2.75) is 6.04 Å². The molecule has 1 aromatic rings. The summed E-state index contributed by atoms with van der Waals surface area (Å²) < 4.78 is 12.8. The van der Waals surface area contributed by atoms with Crippen LogP contribution in [0.4, 0.5) is 10.2 Å². The minimum atomic E-state index is -0.594. The van der Waals surface area contributed by atoms with Gasteiger partial charge in [-0.25, -0.2) is 4.98 Å². The van der Waals surface area contributed by atoms with Gasteiger partial charge < -0.3 is 10.6 Å². The largest absolute Gasteiger partial charge is 0.309 e. The van der Waals surface area contributed by atoms with Crippen LogP contribution in [0, 0.1) is 5.95 Å². The maximum atomic E-state index is 12.8. The van der Waals surface area contributed by atoms with Crippen LogP contribution < -0.4 is 10.6 Å². The van der Waals surface area contributed by atoms with Crippen LogP contribution in [0.25, 0.3) is 0 Å². The van der Waals surface area contributed by atoms with Crippen molar-refractivity contribution >= 4 is 23.5 Å². The maximum Gasteiger partial charge on any atom is 0.243 e. The molecule has 2 heterocycles. The van der Waals surface area contributed by atoms with Crippen molar-refractivity contribution in [1.82, 2.24) is 10.3 Å². The average molecular weight is 241 g/mol. The van der Waals surface area contributed by atoms with Crippen LogP contribution in [0.3, 0.4) is 0 Å². The number of amides is 1. The third-order valence-corrected chi connectivity index (χ3v) is 3.27. The van der Waals surface area contributed by atoms with E-state index in [4.69, 9.17) is 0 Å². The fourth-order valence-electron chi connectivity index (χ4n) is 1.43.